The Morgan fingerprint density at radius 2 is 2.00 bits per heavy atom. The van der Waals surface area contributed by atoms with Crippen molar-refractivity contribution in [1.82, 2.24) is 0 Å². The summed E-state index contributed by atoms with van der Waals surface area (Å²) in [5.41, 5.74) is 0.340. The van der Waals surface area contributed by atoms with Crippen molar-refractivity contribution < 1.29 is 10.2 Å². The molecule has 0 atom stereocenters. The number of nitrogens with zero attached hydrogens (tertiary/aromatic N) is 1. The third-order valence-corrected chi connectivity index (χ3v) is 0.675. The summed E-state index contributed by atoms with van der Waals surface area (Å²) < 4.78 is 0. The molecule has 8 heavy (non-hydrogen) atoms. The summed E-state index contributed by atoms with van der Waals surface area (Å²) in [4.78, 5) is 0. The lowest BCUT2D eigenvalue weighted by molar-refractivity contribution is 0.277. The molecule has 44 valence electrons. The van der Waals surface area contributed by atoms with Crippen LogP contribution in [0.3, 0.4) is 0 Å². The smallest absolute Gasteiger partial charge is 0.0913 e. The summed E-state index contributed by atoms with van der Waals surface area (Å²) in [5.74, 6) is 0. The second kappa shape index (κ2) is 4.31. The molecule has 0 unspecified atom stereocenters. The molecule has 0 rings (SSSR count). The average molecular weight is 113 g/mol. The maximum atomic E-state index is 8.28. The quantitative estimate of drug-likeness (QED) is 0.471. The fourth-order valence-corrected chi connectivity index (χ4v) is 0.233. The van der Waals surface area contributed by atoms with Gasteiger partial charge in [-0.05, 0) is 5.57 Å². The van der Waals surface area contributed by atoms with E-state index in [1.807, 2.05) is 0 Å². The second-order valence-electron chi connectivity index (χ2n) is 1.25. The maximum Gasteiger partial charge on any atom is 0.0913 e. The van der Waals surface area contributed by atoms with Crippen molar-refractivity contribution in [3.05, 3.63) is 11.6 Å². The van der Waals surface area contributed by atoms with Crippen LogP contribution in [-0.2, 0) is 0 Å². The van der Waals surface area contributed by atoms with E-state index < -0.39 is 0 Å². The number of rotatable bonds is 2. The van der Waals surface area contributed by atoms with E-state index in [9.17, 15) is 0 Å². The van der Waals surface area contributed by atoms with E-state index in [1.165, 1.54) is 0 Å². The number of hydrogen-bond acceptors (Lipinski definition) is 3. The summed E-state index contributed by atoms with van der Waals surface area (Å²) in [5, 5.41) is 24.5. The van der Waals surface area contributed by atoms with Crippen LogP contribution in [0.5, 0.6) is 0 Å². The van der Waals surface area contributed by atoms with E-state index in [2.05, 4.69) is 0 Å². The van der Waals surface area contributed by atoms with Gasteiger partial charge in [-0.25, -0.2) is 0 Å². The van der Waals surface area contributed by atoms with Gasteiger partial charge < -0.3 is 10.2 Å². The molecule has 0 fully saturated rings. The monoisotopic (exact) mass is 113 g/mol. The van der Waals surface area contributed by atoms with Crippen LogP contribution in [0.25, 0.3) is 0 Å². The minimum absolute atomic E-state index is 0.246. The lowest BCUT2D eigenvalue weighted by Crippen LogP contribution is -1.94. The van der Waals surface area contributed by atoms with Gasteiger partial charge in [0.15, 0.2) is 0 Å². The van der Waals surface area contributed by atoms with Crippen molar-refractivity contribution in [2.75, 3.05) is 13.2 Å². The Bertz CT molecular complexity index is 117. The highest BCUT2D eigenvalue weighted by Crippen LogP contribution is 1.86. The molecule has 3 heteroatoms. The molecule has 0 spiro atoms. The van der Waals surface area contributed by atoms with Crippen molar-refractivity contribution in [3.8, 4) is 6.07 Å². The van der Waals surface area contributed by atoms with Crippen LogP contribution in [0.15, 0.2) is 11.6 Å². The van der Waals surface area contributed by atoms with Gasteiger partial charge in [0.05, 0.1) is 19.3 Å². The predicted octanol–water partition coefficient (Wildman–Crippen LogP) is -0.579. The Morgan fingerprint density at radius 3 is 2.12 bits per heavy atom. The molecule has 0 amide bonds. The SMILES string of the molecule is N#CC=C(CO)CO. The minimum Gasteiger partial charge on any atom is -0.392 e. The van der Waals surface area contributed by atoms with E-state index in [-0.39, 0.29) is 13.2 Å². The Morgan fingerprint density at radius 1 is 1.50 bits per heavy atom. The third kappa shape index (κ3) is 2.35. The summed E-state index contributed by atoms with van der Waals surface area (Å²) in [6.07, 6.45) is 1.12. The van der Waals surface area contributed by atoms with Gasteiger partial charge in [0.2, 0.25) is 0 Å². The molecular weight excluding hydrogens is 106 g/mol. The van der Waals surface area contributed by atoms with Crippen LogP contribution >= 0.6 is 0 Å². The first kappa shape index (κ1) is 7.15. The molecule has 0 bridgehead atoms. The molecule has 0 aromatic heterocycles. The molecule has 0 heterocycles. The van der Waals surface area contributed by atoms with Gasteiger partial charge in [0.1, 0.15) is 0 Å². The number of allylic oxidation sites excluding steroid dienone is 1. The van der Waals surface area contributed by atoms with Crippen LogP contribution in [0.1, 0.15) is 0 Å². The van der Waals surface area contributed by atoms with Gasteiger partial charge >= 0.3 is 0 Å². The molecule has 2 N–H and O–H groups in total. The predicted molar refractivity (Wildman–Crippen MR) is 27.9 cm³/mol. The zero-order valence-electron chi connectivity index (χ0n) is 4.33. The number of nitriles is 1. The van der Waals surface area contributed by atoms with Gasteiger partial charge in [-0.3, -0.25) is 0 Å². The molecular formula is C5H7NO2. The van der Waals surface area contributed by atoms with Crippen LogP contribution in [0.2, 0.25) is 0 Å². The Kier molecular flexibility index (Phi) is 3.85. The third-order valence-electron chi connectivity index (χ3n) is 0.675. The first-order chi connectivity index (χ1) is 3.85. The second-order valence-corrected chi connectivity index (χ2v) is 1.25. The molecule has 3 nitrogen and oxygen atoms in total. The summed E-state index contributed by atoms with van der Waals surface area (Å²) >= 11 is 0. The molecule has 0 radical (unpaired) electrons. The van der Waals surface area contributed by atoms with Crippen molar-refractivity contribution >= 4 is 0 Å². The van der Waals surface area contributed by atoms with Crippen molar-refractivity contribution in [3.63, 3.8) is 0 Å². The zero-order valence-corrected chi connectivity index (χ0v) is 4.33. The fraction of sp³-hybridized carbons (Fsp3) is 0.400. The number of aliphatic hydroxyl groups is 2. The maximum absolute atomic E-state index is 8.28. The molecule has 0 aromatic rings. The van der Waals surface area contributed by atoms with Crippen LogP contribution < -0.4 is 0 Å². The molecule has 0 aliphatic heterocycles. The van der Waals surface area contributed by atoms with E-state index >= 15 is 0 Å². The first-order valence-corrected chi connectivity index (χ1v) is 2.14. The number of aliphatic hydroxyl groups excluding tert-OH is 2. The lowest BCUT2D eigenvalue weighted by atomic mass is 10.3. The summed E-state index contributed by atoms with van der Waals surface area (Å²) in [6.45, 7) is -0.492. The van der Waals surface area contributed by atoms with Gasteiger partial charge in [0, 0.05) is 6.08 Å². The van der Waals surface area contributed by atoms with Crippen LogP contribution in [0, 0.1) is 11.3 Å². The Hall–Kier alpha value is -0.850. The van der Waals surface area contributed by atoms with Gasteiger partial charge in [-0.15, -0.1) is 0 Å². The van der Waals surface area contributed by atoms with Gasteiger partial charge in [-0.2, -0.15) is 5.26 Å². The Balaban J connectivity index is 3.72. The lowest BCUT2D eigenvalue weighted by Gasteiger charge is -1.90. The number of hydrogen-bond donors (Lipinski definition) is 2. The highest BCUT2D eigenvalue weighted by atomic mass is 16.3. The van der Waals surface area contributed by atoms with Gasteiger partial charge in [-0.1, -0.05) is 0 Å². The van der Waals surface area contributed by atoms with E-state index in [4.69, 9.17) is 15.5 Å². The average Bonchev–Trinajstić information content (AvgIpc) is 1.83. The van der Waals surface area contributed by atoms with Crippen LogP contribution in [0.4, 0.5) is 0 Å². The van der Waals surface area contributed by atoms with E-state index in [0.717, 1.165) is 6.08 Å². The van der Waals surface area contributed by atoms with Gasteiger partial charge in [0.25, 0.3) is 0 Å². The highest BCUT2D eigenvalue weighted by molar-refractivity contribution is 5.13. The topological polar surface area (TPSA) is 64.2 Å². The minimum atomic E-state index is -0.246. The molecule has 0 aliphatic rings. The Labute approximate surface area is 47.5 Å². The summed E-state index contributed by atoms with van der Waals surface area (Å²) in [6, 6.07) is 1.69. The van der Waals surface area contributed by atoms with E-state index in [1.54, 1.807) is 6.07 Å². The molecule has 0 saturated carbocycles. The summed E-state index contributed by atoms with van der Waals surface area (Å²) in [7, 11) is 0. The zero-order chi connectivity index (χ0) is 6.41. The van der Waals surface area contributed by atoms with Crippen molar-refractivity contribution in [1.29, 1.82) is 5.26 Å². The first-order valence-electron chi connectivity index (χ1n) is 2.14. The molecule has 0 aliphatic carbocycles. The molecule has 0 aromatic carbocycles. The van der Waals surface area contributed by atoms with E-state index in [0.29, 0.717) is 5.57 Å². The van der Waals surface area contributed by atoms with Crippen LogP contribution in [-0.4, -0.2) is 23.4 Å². The standard InChI is InChI=1S/C5H7NO2/c6-2-1-5(3-7)4-8/h1,7-8H,3-4H2. The van der Waals surface area contributed by atoms with Crippen molar-refractivity contribution in [2.24, 2.45) is 0 Å². The highest BCUT2D eigenvalue weighted by Gasteiger charge is 1.87. The fourth-order valence-electron chi connectivity index (χ4n) is 0.233. The molecule has 0 saturated heterocycles. The normalized spacial score (nSPS) is 7.62. The van der Waals surface area contributed by atoms with Crippen molar-refractivity contribution in [2.45, 2.75) is 0 Å². The largest absolute Gasteiger partial charge is 0.392 e.